The zero-order chi connectivity index (χ0) is 14.4. The Morgan fingerprint density at radius 1 is 1.38 bits per heavy atom. The molecule has 1 saturated heterocycles. The van der Waals surface area contributed by atoms with Crippen molar-refractivity contribution in [3.05, 3.63) is 28.6 Å². The summed E-state index contributed by atoms with van der Waals surface area (Å²) in [6.45, 7) is 6.21. The minimum absolute atomic E-state index is 0.0857. The van der Waals surface area contributed by atoms with Crippen LogP contribution in [0, 0.1) is 5.92 Å². The molecule has 2 aliphatic heterocycles. The largest absolute Gasteiger partial charge is 0.348 e. The third-order valence-corrected chi connectivity index (χ3v) is 4.97. The zero-order valence-corrected chi connectivity index (χ0v) is 12.7. The van der Waals surface area contributed by atoms with Gasteiger partial charge in [-0.05, 0) is 44.2 Å². The van der Waals surface area contributed by atoms with Crippen LogP contribution in [0.4, 0.5) is 0 Å². The van der Waals surface area contributed by atoms with E-state index < -0.39 is 0 Å². The van der Waals surface area contributed by atoms with E-state index in [0.717, 1.165) is 36.8 Å². The van der Waals surface area contributed by atoms with Crippen LogP contribution in [-0.4, -0.2) is 28.9 Å². The average molecular weight is 285 g/mol. The lowest BCUT2D eigenvalue weighted by Crippen LogP contribution is -2.34. The minimum atomic E-state index is 0.0857. The SMILES string of the molecule is C[C@H]1CCCN(Cc2cc3c(c(C4CC4)n2)CNC3=O)C1. The number of amides is 1. The number of carbonyl (C=O) groups excluding carboxylic acids is 1. The first kappa shape index (κ1) is 13.3. The van der Waals surface area contributed by atoms with Crippen molar-refractivity contribution in [3.8, 4) is 0 Å². The Labute approximate surface area is 125 Å². The Kier molecular flexibility index (Phi) is 3.21. The fourth-order valence-electron chi connectivity index (χ4n) is 3.73. The molecule has 0 radical (unpaired) electrons. The minimum Gasteiger partial charge on any atom is -0.348 e. The molecular weight excluding hydrogens is 262 g/mol. The quantitative estimate of drug-likeness (QED) is 0.927. The number of hydrogen-bond donors (Lipinski definition) is 1. The molecule has 0 bridgehead atoms. The van der Waals surface area contributed by atoms with Crippen molar-refractivity contribution in [3.63, 3.8) is 0 Å². The smallest absolute Gasteiger partial charge is 0.252 e. The number of fused-ring (bicyclic) bond motifs is 1. The van der Waals surface area contributed by atoms with Gasteiger partial charge in [-0.15, -0.1) is 0 Å². The van der Waals surface area contributed by atoms with E-state index in [1.54, 1.807) is 0 Å². The van der Waals surface area contributed by atoms with Gasteiger partial charge in [-0.25, -0.2) is 0 Å². The summed E-state index contributed by atoms with van der Waals surface area (Å²) >= 11 is 0. The molecular formula is C17H23N3O. The molecule has 1 saturated carbocycles. The second kappa shape index (κ2) is 5.09. The molecule has 1 atom stereocenters. The van der Waals surface area contributed by atoms with Gasteiger partial charge in [0.15, 0.2) is 0 Å². The van der Waals surface area contributed by atoms with Gasteiger partial charge in [-0.3, -0.25) is 14.7 Å². The second-order valence-corrected chi connectivity index (χ2v) is 6.96. The Hall–Kier alpha value is -1.42. The van der Waals surface area contributed by atoms with Gasteiger partial charge in [0.2, 0.25) is 0 Å². The van der Waals surface area contributed by atoms with Crippen LogP contribution in [0.3, 0.4) is 0 Å². The van der Waals surface area contributed by atoms with Crippen LogP contribution < -0.4 is 5.32 Å². The van der Waals surface area contributed by atoms with E-state index in [2.05, 4.69) is 17.1 Å². The van der Waals surface area contributed by atoms with Crippen LogP contribution >= 0.6 is 0 Å². The van der Waals surface area contributed by atoms with Crippen LogP contribution in [-0.2, 0) is 13.1 Å². The highest BCUT2D eigenvalue weighted by atomic mass is 16.1. The molecule has 4 nitrogen and oxygen atoms in total. The second-order valence-electron chi connectivity index (χ2n) is 6.96. The summed E-state index contributed by atoms with van der Waals surface area (Å²) in [6, 6.07) is 2.03. The van der Waals surface area contributed by atoms with Gasteiger partial charge in [-0.1, -0.05) is 6.92 Å². The van der Waals surface area contributed by atoms with Crippen molar-refractivity contribution in [1.29, 1.82) is 0 Å². The van der Waals surface area contributed by atoms with Crippen LogP contribution in [0.15, 0.2) is 6.07 Å². The van der Waals surface area contributed by atoms with Crippen molar-refractivity contribution in [2.24, 2.45) is 5.92 Å². The van der Waals surface area contributed by atoms with Gasteiger partial charge in [0.1, 0.15) is 0 Å². The molecule has 0 aromatic carbocycles. The van der Waals surface area contributed by atoms with Crippen molar-refractivity contribution in [2.45, 2.75) is 51.6 Å². The number of piperidine rings is 1. The fraction of sp³-hybridized carbons (Fsp3) is 0.647. The van der Waals surface area contributed by atoms with Gasteiger partial charge in [0.05, 0.1) is 5.69 Å². The molecule has 0 unspecified atom stereocenters. The fourth-order valence-corrected chi connectivity index (χ4v) is 3.73. The van der Waals surface area contributed by atoms with Crippen LogP contribution in [0.2, 0.25) is 0 Å². The first-order valence-electron chi connectivity index (χ1n) is 8.24. The third kappa shape index (κ3) is 2.57. The van der Waals surface area contributed by atoms with Crippen LogP contribution in [0.25, 0.3) is 0 Å². The van der Waals surface area contributed by atoms with Crippen molar-refractivity contribution >= 4 is 5.91 Å². The lowest BCUT2D eigenvalue weighted by Gasteiger charge is -2.30. The molecule has 3 aliphatic rings. The molecule has 21 heavy (non-hydrogen) atoms. The maximum atomic E-state index is 12.0. The highest BCUT2D eigenvalue weighted by Crippen LogP contribution is 2.42. The summed E-state index contributed by atoms with van der Waals surface area (Å²) in [6.07, 6.45) is 5.08. The number of nitrogens with zero attached hydrogens (tertiary/aromatic N) is 2. The molecule has 0 spiro atoms. The highest BCUT2D eigenvalue weighted by Gasteiger charge is 2.33. The number of rotatable bonds is 3. The number of pyridine rings is 1. The van der Waals surface area contributed by atoms with E-state index in [9.17, 15) is 4.79 Å². The highest BCUT2D eigenvalue weighted by molar-refractivity contribution is 5.98. The van der Waals surface area contributed by atoms with Gasteiger partial charge in [-0.2, -0.15) is 0 Å². The molecule has 4 rings (SSSR count). The van der Waals surface area contributed by atoms with E-state index in [1.807, 2.05) is 6.07 Å². The molecule has 1 aliphatic carbocycles. The number of likely N-dealkylation sites (tertiary alicyclic amines) is 1. The van der Waals surface area contributed by atoms with Gasteiger partial charge >= 0.3 is 0 Å². The predicted octanol–water partition coefficient (Wildman–Crippen LogP) is 2.43. The average Bonchev–Trinajstić information content (AvgIpc) is 3.24. The van der Waals surface area contributed by atoms with Gasteiger partial charge < -0.3 is 5.32 Å². The van der Waals surface area contributed by atoms with Gasteiger partial charge in [0.25, 0.3) is 5.91 Å². The zero-order valence-electron chi connectivity index (χ0n) is 12.7. The summed E-state index contributed by atoms with van der Waals surface area (Å²) < 4.78 is 0. The summed E-state index contributed by atoms with van der Waals surface area (Å²) in [4.78, 5) is 19.4. The number of carbonyl (C=O) groups is 1. The summed E-state index contributed by atoms with van der Waals surface area (Å²) in [5.41, 5.74) is 4.33. The van der Waals surface area contributed by atoms with E-state index in [-0.39, 0.29) is 5.91 Å². The van der Waals surface area contributed by atoms with Crippen molar-refractivity contribution in [1.82, 2.24) is 15.2 Å². The topological polar surface area (TPSA) is 45.2 Å². The normalized spacial score (nSPS) is 25.8. The lowest BCUT2D eigenvalue weighted by molar-refractivity contribution is 0.0965. The van der Waals surface area contributed by atoms with E-state index in [0.29, 0.717) is 12.5 Å². The molecule has 1 aromatic heterocycles. The number of hydrogen-bond acceptors (Lipinski definition) is 3. The van der Waals surface area contributed by atoms with Crippen LogP contribution in [0.5, 0.6) is 0 Å². The monoisotopic (exact) mass is 285 g/mol. The maximum Gasteiger partial charge on any atom is 0.252 e. The van der Waals surface area contributed by atoms with E-state index >= 15 is 0 Å². The summed E-state index contributed by atoms with van der Waals surface area (Å²) in [5.74, 6) is 1.47. The van der Waals surface area contributed by atoms with Gasteiger partial charge in [0, 0.05) is 42.4 Å². The Balaban J connectivity index is 1.61. The van der Waals surface area contributed by atoms with E-state index in [1.165, 1.54) is 36.9 Å². The van der Waals surface area contributed by atoms with Crippen LogP contribution in [0.1, 0.15) is 65.8 Å². The third-order valence-electron chi connectivity index (χ3n) is 4.97. The Morgan fingerprint density at radius 3 is 3.00 bits per heavy atom. The van der Waals surface area contributed by atoms with Crippen molar-refractivity contribution in [2.75, 3.05) is 13.1 Å². The molecule has 112 valence electrons. The summed E-state index contributed by atoms with van der Waals surface area (Å²) in [5, 5.41) is 2.95. The standard InChI is InChI=1S/C17H23N3O/c1-11-3-2-6-20(9-11)10-13-7-14-15(8-18-17(14)21)16(19-13)12-4-5-12/h7,11-12H,2-6,8-10H2,1H3,(H,18,21)/t11-/m0/s1. The summed E-state index contributed by atoms with van der Waals surface area (Å²) in [7, 11) is 0. The lowest BCUT2D eigenvalue weighted by atomic mass is 9.99. The molecule has 3 heterocycles. The van der Waals surface area contributed by atoms with E-state index in [4.69, 9.17) is 4.98 Å². The molecule has 1 amide bonds. The van der Waals surface area contributed by atoms with Crippen molar-refractivity contribution < 1.29 is 4.79 Å². The Morgan fingerprint density at radius 2 is 2.24 bits per heavy atom. The number of aromatic nitrogens is 1. The maximum absolute atomic E-state index is 12.0. The molecule has 4 heteroatoms. The first-order chi connectivity index (χ1) is 10.2. The molecule has 2 fully saturated rings. The first-order valence-corrected chi connectivity index (χ1v) is 8.24. The molecule has 1 aromatic rings. The molecule has 1 N–H and O–H groups in total. The Bertz CT molecular complexity index is 580. The predicted molar refractivity (Wildman–Crippen MR) is 81.1 cm³/mol. The number of nitrogens with one attached hydrogen (secondary N) is 1.